The van der Waals surface area contributed by atoms with Crippen molar-refractivity contribution in [1.82, 2.24) is 19.7 Å². The molecular weight excluding hydrogens is 264 g/mol. The summed E-state index contributed by atoms with van der Waals surface area (Å²) >= 11 is 0. The topological polar surface area (TPSA) is 63.6 Å². The minimum atomic E-state index is -0.0800. The Kier molecular flexibility index (Phi) is 4.36. The maximum atomic E-state index is 12.0. The van der Waals surface area contributed by atoms with Crippen molar-refractivity contribution in [2.45, 2.75) is 70.8 Å². The summed E-state index contributed by atoms with van der Waals surface area (Å²) in [7, 11) is 0. The fraction of sp³-hybridized carbons (Fsp3) is 0.688. The molecule has 21 heavy (non-hydrogen) atoms. The van der Waals surface area contributed by atoms with Gasteiger partial charge in [0.2, 0.25) is 0 Å². The summed E-state index contributed by atoms with van der Waals surface area (Å²) < 4.78 is 1.99. The van der Waals surface area contributed by atoms with Crippen LogP contribution in [0.1, 0.15) is 69.7 Å². The van der Waals surface area contributed by atoms with Gasteiger partial charge in [-0.3, -0.25) is 9.48 Å². The Morgan fingerprint density at radius 3 is 2.38 bits per heavy atom. The van der Waals surface area contributed by atoms with Gasteiger partial charge < -0.3 is 4.98 Å². The van der Waals surface area contributed by atoms with Gasteiger partial charge in [-0.15, -0.1) is 0 Å². The first-order chi connectivity index (χ1) is 10.2. The van der Waals surface area contributed by atoms with Gasteiger partial charge in [-0.25, -0.2) is 4.98 Å². The van der Waals surface area contributed by atoms with Crippen molar-refractivity contribution in [2.75, 3.05) is 0 Å². The van der Waals surface area contributed by atoms with Gasteiger partial charge in [-0.2, -0.15) is 5.10 Å². The molecule has 0 spiro atoms. The highest BCUT2D eigenvalue weighted by molar-refractivity contribution is 5.72. The van der Waals surface area contributed by atoms with E-state index in [0.29, 0.717) is 22.9 Å². The minimum Gasteiger partial charge on any atom is -0.310 e. The molecule has 1 saturated carbocycles. The molecule has 0 saturated heterocycles. The van der Waals surface area contributed by atoms with E-state index in [4.69, 9.17) is 0 Å². The molecule has 2 aromatic rings. The van der Waals surface area contributed by atoms with E-state index in [1.165, 1.54) is 44.9 Å². The number of fused-ring (bicyclic) bond motifs is 1. The average Bonchev–Trinajstić information content (AvgIpc) is 2.88. The highest BCUT2D eigenvalue weighted by Crippen LogP contribution is 2.25. The van der Waals surface area contributed by atoms with Crippen LogP contribution in [0, 0.1) is 6.92 Å². The van der Waals surface area contributed by atoms with E-state index in [0.717, 1.165) is 12.8 Å². The molecule has 2 heterocycles. The van der Waals surface area contributed by atoms with Crippen LogP contribution in [0.4, 0.5) is 0 Å². The Hall–Kier alpha value is -1.65. The number of aromatic nitrogens is 4. The molecule has 1 aliphatic carbocycles. The third kappa shape index (κ3) is 3.34. The van der Waals surface area contributed by atoms with Crippen LogP contribution in [0.5, 0.6) is 0 Å². The summed E-state index contributed by atoms with van der Waals surface area (Å²) in [6.07, 6.45) is 13.4. The molecule has 0 aliphatic heterocycles. The molecule has 3 rings (SSSR count). The predicted molar refractivity (Wildman–Crippen MR) is 83.5 cm³/mol. The standard InChI is InChI=1S/C16H24N4O/c1-12-17-15-14(16(21)18-12)11-20(19-15)13-9-7-5-3-2-4-6-8-10-13/h11,13H,2-10H2,1H3,(H,17,18,19,21). The second-order valence-corrected chi connectivity index (χ2v) is 6.20. The lowest BCUT2D eigenvalue weighted by Gasteiger charge is -2.18. The first-order valence-electron chi connectivity index (χ1n) is 8.20. The van der Waals surface area contributed by atoms with E-state index >= 15 is 0 Å². The molecule has 0 aromatic carbocycles. The molecule has 0 atom stereocenters. The lowest BCUT2D eigenvalue weighted by atomic mass is 9.97. The van der Waals surface area contributed by atoms with E-state index < -0.39 is 0 Å². The van der Waals surface area contributed by atoms with Crippen molar-refractivity contribution >= 4 is 11.0 Å². The monoisotopic (exact) mass is 288 g/mol. The van der Waals surface area contributed by atoms with E-state index in [1.807, 2.05) is 10.9 Å². The number of hydrogen-bond donors (Lipinski definition) is 1. The Balaban J connectivity index is 1.86. The molecule has 1 N–H and O–H groups in total. The molecule has 0 unspecified atom stereocenters. The minimum absolute atomic E-state index is 0.0800. The van der Waals surface area contributed by atoms with Crippen LogP contribution in [0.3, 0.4) is 0 Å². The first-order valence-corrected chi connectivity index (χ1v) is 8.20. The fourth-order valence-electron chi connectivity index (χ4n) is 3.28. The third-order valence-electron chi connectivity index (χ3n) is 4.47. The zero-order valence-corrected chi connectivity index (χ0v) is 12.8. The van der Waals surface area contributed by atoms with Crippen LogP contribution < -0.4 is 5.56 Å². The number of hydrogen-bond acceptors (Lipinski definition) is 3. The largest absolute Gasteiger partial charge is 0.310 e. The number of nitrogens with one attached hydrogen (secondary N) is 1. The van der Waals surface area contributed by atoms with Gasteiger partial charge >= 0.3 is 0 Å². The lowest BCUT2D eigenvalue weighted by molar-refractivity contribution is 0.358. The van der Waals surface area contributed by atoms with Crippen LogP contribution in [-0.2, 0) is 0 Å². The van der Waals surface area contributed by atoms with E-state index in [-0.39, 0.29) is 5.56 Å². The number of aromatic amines is 1. The Morgan fingerprint density at radius 2 is 1.71 bits per heavy atom. The van der Waals surface area contributed by atoms with Crippen molar-refractivity contribution in [3.8, 4) is 0 Å². The van der Waals surface area contributed by atoms with Gasteiger partial charge in [0.15, 0.2) is 5.65 Å². The Labute approximate surface area is 124 Å². The van der Waals surface area contributed by atoms with Crippen molar-refractivity contribution in [3.05, 3.63) is 22.4 Å². The van der Waals surface area contributed by atoms with Gasteiger partial charge in [0, 0.05) is 6.20 Å². The number of rotatable bonds is 1. The summed E-state index contributed by atoms with van der Waals surface area (Å²) in [5.74, 6) is 0.628. The van der Waals surface area contributed by atoms with Crippen LogP contribution >= 0.6 is 0 Å². The molecule has 0 amide bonds. The van der Waals surface area contributed by atoms with Gasteiger partial charge in [0.1, 0.15) is 11.2 Å². The number of H-pyrrole nitrogens is 1. The van der Waals surface area contributed by atoms with E-state index in [1.54, 1.807) is 6.92 Å². The van der Waals surface area contributed by atoms with E-state index in [2.05, 4.69) is 15.1 Å². The Morgan fingerprint density at radius 1 is 1.10 bits per heavy atom. The number of nitrogens with zero attached hydrogens (tertiary/aromatic N) is 3. The van der Waals surface area contributed by atoms with Crippen molar-refractivity contribution < 1.29 is 0 Å². The third-order valence-corrected chi connectivity index (χ3v) is 4.47. The summed E-state index contributed by atoms with van der Waals surface area (Å²) in [5, 5.41) is 5.18. The van der Waals surface area contributed by atoms with Crippen LogP contribution in [0.25, 0.3) is 11.0 Å². The molecular formula is C16H24N4O. The molecule has 2 aromatic heterocycles. The molecule has 5 nitrogen and oxygen atoms in total. The highest BCUT2D eigenvalue weighted by atomic mass is 16.1. The highest BCUT2D eigenvalue weighted by Gasteiger charge is 2.15. The normalized spacial score (nSPS) is 18.9. The van der Waals surface area contributed by atoms with E-state index in [9.17, 15) is 4.79 Å². The number of aryl methyl sites for hydroxylation is 1. The summed E-state index contributed by atoms with van der Waals surface area (Å²) in [5.41, 5.74) is 0.497. The van der Waals surface area contributed by atoms with Crippen LogP contribution in [0.2, 0.25) is 0 Å². The molecule has 1 fully saturated rings. The van der Waals surface area contributed by atoms with Crippen LogP contribution in [0.15, 0.2) is 11.0 Å². The smallest absolute Gasteiger partial charge is 0.262 e. The fourth-order valence-corrected chi connectivity index (χ4v) is 3.28. The van der Waals surface area contributed by atoms with Crippen LogP contribution in [-0.4, -0.2) is 19.7 Å². The molecule has 1 aliphatic rings. The van der Waals surface area contributed by atoms with Crippen molar-refractivity contribution in [3.63, 3.8) is 0 Å². The summed E-state index contributed by atoms with van der Waals surface area (Å²) in [4.78, 5) is 19.1. The van der Waals surface area contributed by atoms with Crippen molar-refractivity contribution in [2.24, 2.45) is 0 Å². The first kappa shape index (κ1) is 14.3. The second-order valence-electron chi connectivity index (χ2n) is 6.20. The second kappa shape index (κ2) is 6.41. The quantitative estimate of drug-likeness (QED) is 0.873. The molecule has 114 valence electrons. The maximum absolute atomic E-state index is 12.0. The molecule has 5 heteroatoms. The van der Waals surface area contributed by atoms with Gasteiger partial charge in [0.25, 0.3) is 5.56 Å². The SMILES string of the molecule is Cc1nc2nn(C3CCCCCCCCC3)cc2c(=O)[nH]1. The molecule has 0 radical (unpaired) electrons. The maximum Gasteiger partial charge on any atom is 0.262 e. The van der Waals surface area contributed by atoms with Gasteiger partial charge in [-0.1, -0.05) is 44.9 Å². The lowest BCUT2D eigenvalue weighted by Crippen LogP contribution is -2.10. The van der Waals surface area contributed by atoms with Gasteiger partial charge in [0.05, 0.1) is 6.04 Å². The zero-order valence-electron chi connectivity index (χ0n) is 12.8. The molecule has 0 bridgehead atoms. The average molecular weight is 288 g/mol. The summed E-state index contributed by atoms with van der Waals surface area (Å²) in [6, 6.07) is 0.414. The Bertz CT molecular complexity index is 648. The predicted octanol–water partition coefficient (Wildman–Crippen LogP) is 3.49. The van der Waals surface area contributed by atoms with Crippen molar-refractivity contribution in [1.29, 1.82) is 0 Å². The zero-order chi connectivity index (χ0) is 14.7. The van der Waals surface area contributed by atoms with Gasteiger partial charge in [-0.05, 0) is 19.8 Å². The summed E-state index contributed by atoms with van der Waals surface area (Å²) in [6.45, 7) is 1.79.